The first-order valence-corrected chi connectivity index (χ1v) is 5.08. The molecule has 0 aliphatic carbocycles. The maximum Gasteiger partial charge on any atom is 0.0922 e. The summed E-state index contributed by atoms with van der Waals surface area (Å²) in [5.41, 5.74) is 1.14. The third-order valence-electron chi connectivity index (χ3n) is 2.45. The molecule has 2 N–H and O–H groups in total. The van der Waals surface area contributed by atoms with Crippen molar-refractivity contribution in [3.8, 4) is 0 Å². The van der Waals surface area contributed by atoms with Crippen molar-refractivity contribution >= 4 is 0 Å². The van der Waals surface area contributed by atoms with Crippen LogP contribution in [0, 0.1) is 0 Å². The van der Waals surface area contributed by atoms with Gasteiger partial charge in [0.15, 0.2) is 0 Å². The molecule has 14 heavy (non-hydrogen) atoms. The Morgan fingerprint density at radius 1 is 1.57 bits per heavy atom. The first-order valence-electron chi connectivity index (χ1n) is 5.08. The Morgan fingerprint density at radius 3 is 2.86 bits per heavy atom. The molecule has 1 unspecified atom stereocenters. The van der Waals surface area contributed by atoms with Gasteiger partial charge in [0.05, 0.1) is 6.33 Å². The molecule has 80 valence electrons. The Balaban J connectivity index is 2.20. The number of rotatable bonds is 6. The first kappa shape index (κ1) is 11.2. The van der Waals surface area contributed by atoms with Crippen molar-refractivity contribution in [2.24, 2.45) is 0 Å². The second-order valence-electron chi connectivity index (χ2n) is 3.73. The van der Waals surface area contributed by atoms with Gasteiger partial charge in [-0.15, -0.1) is 0 Å². The van der Waals surface area contributed by atoms with Crippen LogP contribution in [0.3, 0.4) is 0 Å². The third-order valence-corrected chi connectivity index (χ3v) is 2.45. The zero-order chi connectivity index (χ0) is 10.4. The van der Waals surface area contributed by atoms with E-state index in [-0.39, 0.29) is 0 Å². The van der Waals surface area contributed by atoms with Crippen LogP contribution >= 0.6 is 0 Å². The van der Waals surface area contributed by atoms with Crippen LogP contribution < -0.4 is 5.32 Å². The molecular weight excluding hydrogens is 176 g/mol. The van der Waals surface area contributed by atoms with E-state index in [1.165, 1.54) is 6.42 Å². The van der Waals surface area contributed by atoms with E-state index in [4.69, 9.17) is 0 Å². The topological polar surface area (TPSA) is 44.0 Å². The summed E-state index contributed by atoms with van der Waals surface area (Å²) in [4.78, 5) is 9.29. The fourth-order valence-electron chi connectivity index (χ4n) is 1.45. The van der Waals surface area contributed by atoms with Crippen LogP contribution in [0.5, 0.6) is 0 Å². The van der Waals surface area contributed by atoms with Crippen molar-refractivity contribution in [1.82, 2.24) is 20.2 Å². The summed E-state index contributed by atoms with van der Waals surface area (Å²) in [6.07, 6.45) is 4.73. The smallest absolute Gasteiger partial charge is 0.0922 e. The van der Waals surface area contributed by atoms with E-state index in [1.807, 2.05) is 6.20 Å². The highest BCUT2D eigenvalue weighted by atomic mass is 15.1. The Morgan fingerprint density at radius 2 is 2.36 bits per heavy atom. The van der Waals surface area contributed by atoms with Crippen molar-refractivity contribution < 1.29 is 0 Å². The lowest BCUT2D eigenvalue weighted by Gasteiger charge is -2.22. The van der Waals surface area contributed by atoms with E-state index < -0.39 is 0 Å². The number of aromatic nitrogens is 2. The van der Waals surface area contributed by atoms with Gasteiger partial charge in [-0.2, -0.15) is 0 Å². The average Bonchev–Trinajstić information content (AvgIpc) is 2.64. The maximum atomic E-state index is 3.97. The minimum atomic E-state index is 0.609. The highest BCUT2D eigenvalue weighted by Gasteiger charge is 2.07. The molecule has 1 aromatic rings. The summed E-state index contributed by atoms with van der Waals surface area (Å²) < 4.78 is 0. The summed E-state index contributed by atoms with van der Waals surface area (Å²) in [5, 5.41) is 3.41. The summed E-state index contributed by atoms with van der Waals surface area (Å²) >= 11 is 0. The van der Waals surface area contributed by atoms with Crippen molar-refractivity contribution in [2.45, 2.75) is 25.9 Å². The highest BCUT2D eigenvalue weighted by molar-refractivity contribution is 4.93. The molecule has 1 heterocycles. The van der Waals surface area contributed by atoms with E-state index in [2.05, 4.69) is 41.2 Å². The van der Waals surface area contributed by atoms with Crippen LogP contribution in [0.1, 0.15) is 19.0 Å². The summed E-state index contributed by atoms with van der Waals surface area (Å²) in [7, 11) is 4.23. The average molecular weight is 196 g/mol. The Labute approximate surface area is 85.7 Å². The Bertz CT molecular complexity index is 230. The lowest BCUT2D eigenvalue weighted by molar-refractivity contribution is 0.275. The van der Waals surface area contributed by atoms with Crippen molar-refractivity contribution in [3.63, 3.8) is 0 Å². The molecule has 1 aromatic heterocycles. The largest absolute Gasteiger partial charge is 0.347 e. The van der Waals surface area contributed by atoms with Crippen LogP contribution in [0.2, 0.25) is 0 Å². The van der Waals surface area contributed by atoms with Gasteiger partial charge in [-0.05, 0) is 20.5 Å². The number of H-pyrrole nitrogens is 1. The maximum absolute atomic E-state index is 3.97. The molecule has 1 atom stereocenters. The number of likely N-dealkylation sites (N-methyl/N-ethyl adjacent to an activating group) is 1. The van der Waals surface area contributed by atoms with E-state index in [9.17, 15) is 0 Å². The molecule has 0 bridgehead atoms. The van der Waals surface area contributed by atoms with E-state index in [0.29, 0.717) is 6.04 Å². The predicted octanol–water partition coefficient (Wildman–Crippen LogP) is 0.839. The van der Waals surface area contributed by atoms with Gasteiger partial charge in [-0.25, -0.2) is 4.98 Å². The molecule has 0 spiro atoms. The molecule has 0 aliphatic rings. The molecule has 0 amide bonds. The number of nitrogens with zero attached hydrogens (tertiary/aromatic N) is 2. The Hall–Kier alpha value is -0.870. The van der Waals surface area contributed by atoms with Crippen LogP contribution in [-0.2, 0) is 6.54 Å². The standard InChI is InChI=1S/C10H20N4/c1-4-10(14(2)3)7-11-5-9-6-12-8-13-9/h6,8,10-11H,4-5,7H2,1-3H3,(H,12,13). The van der Waals surface area contributed by atoms with Gasteiger partial charge < -0.3 is 15.2 Å². The second kappa shape index (κ2) is 5.78. The van der Waals surface area contributed by atoms with Gasteiger partial charge in [0.1, 0.15) is 0 Å². The lowest BCUT2D eigenvalue weighted by atomic mass is 10.2. The number of hydrogen-bond donors (Lipinski definition) is 2. The molecule has 0 radical (unpaired) electrons. The van der Waals surface area contributed by atoms with Crippen molar-refractivity contribution in [2.75, 3.05) is 20.6 Å². The SMILES string of the molecule is CCC(CNCc1cnc[nH]1)N(C)C. The molecule has 4 nitrogen and oxygen atoms in total. The van der Waals surface area contributed by atoms with Gasteiger partial charge in [-0.1, -0.05) is 6.92 Å². The van der Waals surface area contributed by atoms with Crippen LogP contribution in [0.4, 0.5) is 0 Å². The molecular formula is C10H20N4. The lowest BCUT2D eigenvalue weighted by Crippen LogP contribution is -2.37. The zero-order valence-electron chi connectivity index (χ0n) is 9.25. The van der Waals surface area contributed by atoms with Gasteiger partial charge in [0, 0.05) is 31.0 Å². The Kier molecular flexibility index (Phi) is 4.62. The minimum absolute atomic E-state index is 0.609. The molecule has 0 saturated carbocycles. The van der Waals surface area contributed by atoms with E-state index >= 15 is 0 Å². The van der Waals surface area contributed by atoms with Crippen molar-refractivity contribution in [1.29, 1.82) is 0 Å². The van der Waals surface area contributed by atoms with E-state index in [0.717, 1.165) is 18.8 Å². The quantitative estimate of drug-likeness (QED) is 0.708. The molecule has 1 rings (SSSR count). The van der Waals surface area contributed by atoms with Crippen molar-refractivity contribution in [3.05, 3.63) is 18.2 Å². The van der Waals surface area contributed by atoms with Crippen LogP contribution in [0.25, 0.3) is 0 Å². The fourth-order valence-corrected chi connectivity index (χ4v) is 1.45. The molecule has 0 aliphatic heterocycles. The first-order chi connectivity index (χ1) is 6.74. The summed E-state index contributed by atoms with van der Waals surface area (Å²) in [6, 6.07) is 0.609. The van der Waals surface area contributed by atoms with Gasteiger partial charge in [0.2, 0.25) is 0 Å². The number of aromatic amines is 1. The highest BCUT2D eigenvalue weighted by Crippen LogP contribution is 1.97. The number of nitrogens with one attached hydrogen (secondary N) is 2. The molecule has 0 fully saturated rings. The minimum Gasteiger partial charge on any atom is -0.347 e. The second-order valence-corrected chi connectivity index (χ2v) is 3.73. The van der Waals surface area contributed by atoms with Gasteiger partial charge in [0.25, 0.3) is 0 Å². The molecule has 0 saturated heterocycles. The van der Waals surface area contributed by atoms with Crippen LogP contribution in [0.15, 0.2) is 12.5 Å². The number of hydrogen-bond acceptors (Lipinski definition) is 3. The van der Waals surface area contributed by atoms with Gasteiger partial charge in [-0.3, -0.25) is 0 Å². The molecule has 4 heteroatoms. The molecule has 0 aromatic carbocycles. The normalized spacial score (nSPS) is 13.4. The van der Waals surface area contributed by atoms with Crippen LogP contribution in [-0.4, -0.2) is 41.5 Å². The third kappa shape index (κ3) is 3.47. The monoisotopic (exact) mass is 196 g/mol. The predicted molar refractivity (Wildman–Crippen MR) is 58.1 cm³/mol. The number of imidazole rings is 1. The fraction of sp³-hybridized carbons (Fsp3) is 0.700. The van der Waals surface area contributed by atoms with E-state index in [1.54, 1.807) is 6.33 Å². The van der Waals surface area contributed by atoms with Gasteiger partial charge >= 0.3 is 0 Å². The summed E-state index contributed by atoms with van der Waals surface area (Å²) in [5.74, 6) is 0. The summed E-state index contributed by atoms with van der Waals surface area (Å²) in [6.45, 7) is 4.09. The zero-order valence-corrected chi connectivity index (χ0v) is 9.25.